The molecule has 0 unspecified atom stereocenters. The molecule has 92 valence electrons. The Morgan fingerprint density at radius 3 is 2.94 bits per heavy atom. The molecule has 0 spiro atoms. The Hall–Kier alpha value is -1.06. The maximum Gasteiger partial charge on any atom is 0.220 e. The van der Waals surface area contributed by atoms with Crippen molar-refractivity contribution in [2.45, 2.75) is 39.5 Å². The summed E-state index contributed by atoms with van der Waals surface area (Å²) in [5, 5.41) is 2.94. The van der Waals surface area contributed by atoms with E-state index in [-0.39, 0.29) is 5.91 Å². The molecule has 0 bridgehead atoms. The average Bonchev–Trinajstić information content (AvgIpc) is 2.67. The van der Waals surface area contributed by atoms with Gasteiger partial charge in [0, 0.05) is 32.5 Å². The lowest BCUT2D eigenvalue weighted by atomic mass is 10.3. The summed E-state index contributed by atoms with van der Waals surface area (Å²) in [6.07, 6.45) is 3.74. The number of aliphatic imine (C=N–C) groups is 1. The van der Waals surface area contributed by atoms with Crippen molar-refractivity contribution in [3.05, 3.63) is 0 Å². The van der Waals surface area contributed by atoms with Crippen molar-refractivity contribution in [2.24, 2.45) is 4.99 Å². The summed E-state index contributed by atoms with van der Waals surface area (Å²) >= 11 is 0. The maximum absolute atomic E-state index is 11.3. The van der Waals surface area contributed by atoms with Crippen LogP contribution in [0.4, 0.5) is 0 Å². The van der Waals surface area contributed by atoms with Crippen LogP contribution >= 0.6 is 0 Å². The van der Waals surface area contributed by atoms with Gasteiger partial charge in [-0.05, 0) is 12.8 Å². The van der Waals surface area contributed by atoms with Crippen LogP contribution in [0.25, 0.3) is 0 Å². The SMILES string of the molecule is CCCC(=O)NCCN1CCN=C1CCC. The van der Waals surface area contributed by atoms with E-state index in [2.05, 4.69) is 22.1 Å². The second-order valence-corrected chi connectivity index (χ2v) is 4.13. The first kappa shape index (κ1) is 13.0. The summed E-state index contributed by atoms with van der Waals surface area (Å²) in [6.45, 7) is 7.75. The lowest BCUT2D eigenvalue weighted by Crippen LogP contribution is -2.36. The van der Waals surface area contributed by atoms with Crippen LogP contribution < -0.4 is 5.32 Å². The first-order valence-electron chi connectivity index (χ1n) is 6.32. The minimum Gasteiger partial charge on any atom is -0.357 e. The van der Waals surface area contributed by atoms with Gasteiger partial charge in [-0.25, -0.2) is 0 Å². The first-order chi connectivity index (χ1) is 7.77. The number of amides is 1. The Morgan fingerprint density at radius 2 is 2.25 bits per heavy atom. The Labute approximate surface area is 98.1 Å². The van der Waals surface area contributed by atoms with Gasteiger partial charge in [0.05, 0.1) is 12.4 Å². The van der Waals surface area contributed by atoms with Gasteiger partial charge in [0.2, 0.25) is 5.91 Å². The molecule has 4 heteroatoms. The van der Waals surface area contributed by atoms with Crippen molar-refractivity contribution >= 4 is 11.7 Å². The monoisotopic (exact) mass is 225 g/mol. The van der Waals surface area contributed by atoms with E-state index in [1.54, 1.807) is 0 Å². The highest BCUT2D eigenvalue weighted by molar-refractivity contribution is 5.83. The number of nitrogens with one attached hydrogen (secondary N) is 1. The summed E-state index contributed by atoms with van der Waals surface area (Å²) in [5.41, 5.74) is 0. The second kappa shape index (κ2) is 7.25. The summed E-state index contributed by atoms with van der Waals surface area (Å²) in [5.74, 6) is 1.38. The normalized spacial score (nSPS) is 15.1. The van der Waals surface area contributed by atoms with E-state index in [1.807, 2.05) is 6.92 Å². The maximum atomic E-state index is 11.3. The number of carbonyl (C=O) groups is 1. The van der Waals surface area contributed by atoms with Crippen molar-refractivity contribution in [1.29, 1.82) is 0 Å². The predicted molar refractivity (Wildman–Crippen MR) is 66.7 cm³/mol. The van der Waals surface area contributed by atoms with Gasteiger partial charge in [-0.3, -0.25) is 9.79 Å². The lowest BCUT2D eigenvalue weighted by Gasteiger charge is -2.20. The fraction of sp³-hybridized carbons (Fsp3) is 0.833. The predicted octanol–water partition coefficient (Wildman–Crippen LogP) is 1.42. The summed E-state index contributed by atoms with van der Waals surface area (Å²) < 4.78 is 0. The Morgan fingerprint density at radius 1 is 1.44 bits per heavy atom. The molecule has 0 aromatic rings. The Kier molecular flexibility index (Phi) is 5.90. The molecule has 0 aromatic heterocycles. The van der Waals surface area contributed by atoms with Crippen molar-refractivity contribution in [3.63, 3.8) is 0 Å². The van der Waals surface area contributed by atoms with Gasteiger partial charge in [-0.15, -0.1) is 0 Å². The second-order valence-electron chi connectivity index (χ2n) is 4.13. The molecule has 0 saturated heterocycles. The quantitative estimate of drug-likeness (QED) is 0.712. The summed E-state index contributed by atoms with van der Waals surface area (Å²) in [7, 11) is 0. The molecule has 1 amide bonds. The van der Waals surface area contributed by atoms with Gasteiger partial charge in [0.25, 0.3) is 0 Å². The average molecular weight is 225 g/mol. The number of amidine groups is 1. The van der Waals surface area contributed by atoms with Gasteiger partial charge in [0.15, 0.2) is 0 Å². The van der Waals surface area contributed by atoms with Crippen LogP contribution in [0.15, 0.2) is 4.99 Å². The van der Waals surface area contributed by atoms with E-state index in [0.29, 0.717) is 6.42 Å². The highest BCUT2D eigenvalue weighted by Gasteiger charge is 2.15. The Balaban J connectivity index is 2.17. The number of hydrogen-bond donors (Lipinski definition) is 1. The molecular weight excluding hydrogens is 202 g/mol. The molecule has 1 aliphatic rings. The third-order valence-corrected chi connectivity index (χ3v) is 2.68. The molecule has 1 N–H and O–H groups in total. The fourth-order valence-corrected chi connectivity index (χ4v) is 1.88. The van der Waals surface area contributed by atoms with Gasteiger partial charge >= 0.3 is 0 Å². The fourth-order valence-electron chi connectivity index (χ4n) is 1.88. The zero-order valence-electron chi connectivity index (χ0n) is 10.5. The van der Waals surface area contributed by atoms with E-state index in [0.717, 1.165) is 45.4 Å². The van der Waals surface area contributed by atoms with Crippen LogP contribution in [0.1, 0.15) is 39.5 Å². The van der Waals surface area contributed by atoms with Gasteiger partial charge in [0.1, 0.15) is 0 Å². The van der Waals surface area contributed by atoms with Crippen molar-refractivity contribution < 1.29 is 4.79 Å². The molecule has 0 atom stereocenters. The third kappa shape index (κ3) is 4.21. The highest BCUT2D eigenvalue weighted by Crippen LogP contribution is 2.06. The van der Waals surface area contributed by atoms with Crippen LogP contribution in [0.5, 0.6) is 0 Å². The number of nitrogens with zero attached hydrogens (tertiary/aromatic N) is 2. The van der Waals surface area contributed by atoms with Crippen LogP contribution in [0.2, 0.25) is 0 Å². The highest BCUT2D eigenvalue weighted by atomic mass is 16.1. The van der Waals surface area contributed by atoms with Crippen molar-refractivity contribution in [2.75, 3.05) is 26.2 Å². The smallest absolute Gasteiger partial charge is 0.220 e. The minimum atomic E-state index is 0.163. The number of carbonyl (C=O) groups excluding carboxylic acids is 1. The number of rotatable bonds is 7. The lowest BCUT2D eigenvalue weighted by molar-refractivity contribution is -0.121. The zero-order valence-corrected chi connectivity index (χ0v) is 10.5. The third-order valence-electron chi connectivity index (χ3n) is 2.68. The van der Waals surface area contributed by atoms with E-state index in [1.165, 1.54) is 5.84 Å². The summed E-state index contributed by atoms with van der Waals surface area (Å²) in [4.78, 5) is 18.0. The van der Waals surface area contributed by atoms with Crippen LogP contribution in [0, 0.1) is 0 Å². The van der Waals surface area contributed by atoms with Gasteiger partial charge in [-0.2, -0.15) is 0 Å². The molecule has 16 heavy (non-hydrogen) atoms. The van der Waals surface area contributed by atoms with Crippen molar-refractivity contribution in [1.82, 2.24) is 10.2 Å². The minimum absolute atomic E-state index is 0.163. The Bertz CT molecular complexity index is 251. The largest absolute Gasteiger partial charge is 0.357 e. The standard InChI is InChI=1S/C12H23N3O/c1-3-5-11-13-7-9-15(11)10-8-14-12(16)6-4-2/h3-10H2,1-2H3,(H,14,16). The molecule has 0 aromatic carbocycles. The van der Waals surface area contributed by atoms with Gasteiger partial charge in [-0.1, -0.05) is 13.8 Å². The van der Waals surface area contributed by atoms with E-state index in [9.17, 15) is 4.79 Å². The van der Waals surface area contributed by atoms with E-state index >= 15 is 0 Å². The van der Waals surface area contributed by atoms with Crippen LogP contribution in [0.3, 0.4) is 0 Å². The zero-order chi connectivity index (χ0) is 11.8. The molecule has 4 nitrogen and oxygen atoms in total. The molecule has 0 radical (unpaired) electrons. The summed E-state index contributed by atoms with van der Waals surface area (Å²) in [6, 6.07) is 0. The van der Waals surface area contributed by atoms with E-state index < -0.39 is 0 Å². The molecule has 0 aliphatic carbocycles. The van der Waals surface area contributed by atoms with Gasteiger partial charge < -0.3 is 10.2 Å². The molecule has 0 saturated carbocycles. The van der Waals surface area contributed by atoms with Crippen LogP contribution in [-0.2, 0) is 4.79 Å². The van der Waals surface area contributed by atoms with Crippen LogP contribution in [-0.4, -0.2) is 42.8 Å². The molecule has 1 aliphatic heterocycles. The first-order valence-corrected chi connectivity index (χ1v) is 6.32. The van der Waals surface area contributed by atoms with E-state index in [4.69, 9.17) is 0 Å². The molecule has 0 fully saturated rings. The molecular formula is C12H23N3O. The topological polar surface area (TPSA) is 44.7 Å². The molecule has 1 rings (SSSR count). The van der Waals surface area contributed by atoms with Crippen molar-refractivity contribution in [3.8, 4) is 0 Å². The molecule has 1 heterocycles. The number of hydrogen-bond acceptors (Lipinski definition) is 3.